The largest absolute Gasteiger partial charge is 0.368 e. The summed E-state index contributed by atoms with van der Waals surface area (Å²) in [6, 6.07) is 6.42. The monoisotopic (exact) mass is 359 g/mol. The third-order valence-electron chi connectivity index (χ3n) is 3.74. The Morgan fingerprint density at radius 1 is 1.20 bits per heavy atom. The Balaban J connectivity index is 1.90. The van der Waals surface area contributed by atoms with Gasteiger partial charge in [-0.05, 0) is 47.7 Å². The predicted molar refractivity (Wildman–Crippen MR) is 90.9 cm³/mol. The second kappa shape index (κ2) is 7.64. The second-order valence-corrected chi connectivity index (χ2v) is 6.67. The number of halogens is 2. The molecule has 0 radical (unpaired) electrons. The zero-order valence-corrected chi connectivity index (χ0v) is 14.6. The van der Waals surface area contributed by atoms with Gasteiger partial charge in [-0.15, -0.1) is 11.6 Å². The van der Waals surface area contributed by atoms with Crippen molar-refractivity contribution < 1.29 is 0 Å². The van der Waals surface area contributed by atoms with Gasteiger partial charge in [-0.1, -0.05) is 6.07 Å². The molecular formula is C15H23BrClN3. The first-order valence-electron chi connectivity index (χ1n) is 7.06. The van der Waals surface area contributed by atoms with Crippen LogP contribution in [0, 0.1) is 0 Å². The molecule has 1 aliphatic heterocycles. The maximum atomic E-state index is 5.87. The molecule has 0 N–H and O–H groups in total. The summed E-state index contributed by atoms with van der Waals surface area (Å²) in [7, 11) is 4.26. The number of alkyl halides is 1. The molecular weight excluding hydrogens is 338 g/mol. The van der Waals surface area contributed by atoms with Crippen LogP contribution < -0.4 is 4.90 Å². The summed E-state index contributed by atoms with van der Waals surface area (Å²) in [4.78, 5) is 7.24. The fourth-order valence-corrected chi connectivity index (χ4v) is 3.29. The van der Waals surface area contributed by atoms with E-state index in [9.17, 15) is 0 Å². The highest BCUT2D eigenvalue weighted by molar-refractivity contribution is 9.10. The summed E-state index contributed by atoms with van der Waals surface area (Å²) < 4.78 is 1.15. The lowest BCUT2D eigenvalue weighted by Crippen LogP contribution is -2.48. The van der Waals surface area contributed by atoms with Crippen LogP contribution in [0.15, 0.2) is 22.7 Å². The molecule has 1 aromatic carbocycles. The van der Waals surface area contributed by atoms with Crippen LogP contribution in [0.3, 0.4) is 0 Å². The van der Waals surface area contributed by atoms with Gasteiger partial charge in [0.05, 0.1) is 5.69 Å². The van der Waals surface area contributed by atoms with Crippen LogP contribution in [-0.2, 0) is 5.88 Å². The van der Waals surface area contributed by atoms with Gasteiger partial charge < -0.3 is 9.80 Å². The molecule has 0 bridgehead atoms. The predicted octanol–water partition coefficient (Wildman–Crippen LogP) is 2.87. The van der Waals surface area contributed by atoms with Crippen molar-refractivity contribution in [2.24, 2.45) is 0 Å². The van der Waals surface area contributed by atoms with E-state index in [-0.39, 0.29) is 0 Å². The van der Waals surface area contributed by atoms with Gasteiger partial charge in [0.15, 0.2) is 0 Å². The van der Waals surface area contributed by atoms with Crippen LogP contribution in [0.2, 0.25) is 0 Å². The van der Waals surface area contributed by atoms with Gasteiger partial charge in [-0.3, -0.25) is 4.90 Å². The molecule has 3 nitrogen and oxygen atoms in total. The van der Waals surface area contributed by atoms with E-state index >= 15 is 0 Å². The van der Waals surface area contributed by atoms with Crippen LogP contribution in [0.25, 0.3) is 0 Å². The van der Waals surface area contributed by atoms with Crippen molar-refractivity contribution in [3.05, 3.63) is 28.2 Å². The highest BCUT2D eigenvalue weighted by atomic mass is 79.9. The Kier molecular flexibility index (Phi) is 6.15. The van der Waals surface area contributed by atoms with Crippen LogP contribution in [0.4, 0.5) is 5.69 Å². The average molecular weight is 361 g/mol. The molecule has 0 aliphatic carbocycles. The summed E-state index contributed by atoms with van der Waals surface area (Å²) >= 11 is 9.54. The lowest BCUT2D eigenvalue weighted by molar-refractivity contribution is 0.229. The SMILES string of the molecule is CN(C)CCN1CCN(c2ccc(CCl)cc2Br)CC1. The molecule has 0 atom stereocenters. The molecule has 0 unspecified atom stereocenters. The van der Waals surface area contributed by atoms with E-state index in [1.54, 1.807) is 0 Å². The number of rotatable bonds is 5. The fourth-order valence-electron chi connectivity index (χ4n) is 2.44. The number of likely N-dealkylation sites (N-methyl/N-ethyl adjacent to an activating group) is 1. The van der Waals surface area contributed by atoms with Crippen molar-refractivity contribution in [3.63, 3.8) is 0 Å². The topological polar surface area (TPSA) is 9.72 Å². The third-order valence-corrected chi connectivity index (χ3v) is 4.69. The molecule has 1 aliphatic rings. The van der Waals surface area contributed by atoms with Gasteiger partial charge in [0.2, 0.25) is 0 Å². The zero-order chi connectivity index (χ0) is 14.5. The number of anilines is 1. The first-order chi connectivity index (χ1) is 9.60. The van der Waals surface area contributed by atoms with Gasteiger partial charge in [-0.2, -0.15) is 0 Å². The summed E-state index contributed by atoms with van der Waals surface area (Å²) in [6.45, 7) is 6.74. The first kappa shape index (κ1) is 16.1. The Bertz CT molecular complexity index is 431. The highest BCUT2D eigenvalue weighted by Crippen LogP contribution is 2.28. The number of nitrogens with zero attached hydrogens (tertiary/aromatic N) is 3. The van der Waals surface area contributed by atoms with Crippen LogP contribution in [0.1, 0.15) is 5.56 Å². The van der Waals surface area contributed by atoms with Gasteiger partial charge in [0.25, 0.3) is 0 Å². The molecule has 0 aromatic heterocycles. The zero-order valence-electron chi connectivity index (χ0n) is 12.3. The molecule has 1 aromatic rings. The Labute approximate surface area is 135 Å². The van der Waals surface area contributed by atoms with Crippen LogP contribution in [-0.4, -0.2) is 63.2 Å². The van der Waals surface area contributed by atoms with Crippen LogP contribution >= 0.6 is 27.5 Å². The van der Waals surface area contributed by atoms with Crippen molar-refractivity contribution in [1.29, 1.82) is 0 Å². The summed E-state index contributed by atoms with van der Waals surface area (Å²) in [5.74, 6) is 0.567. The smallest absolute Gasteiger partial charge is 0.0511 e. The maximum absolute atomic E-state index is 5.87. The lowest BCUT2D eigenvalue weighted by atomic mass is 10.2. The van der Waals surface area contributed by atoms with E-state index in [1.807, 2.05) is 0 Å². The first-order valence-corrected chi connectivity index (χ1v) is 8.39. The molecule has 0 amide bonds. The summed E-state index contributed by atoms with van der Waals surface area (Å²) in [5, 5.41) is 0. The lowest BCUT2D eigenvalue weighted by Gasteiger charge is -2.37. The van der Waals surface area contributed by atoms with Gasteiger partial charge in [-0.25, -0.2) is 0 Å². The summed E-state index contributed by atoms with van der Waals surface area (Å²) in [6.07, 6.45) is 0. The molecule has 112 valence electrons. The highest BCUT2D eigenvalue weighted by Gasteiger charge is 2.18. The van der Waals surface area contributed by atoms with Gasteiger partial charge >= 0.3 is 0 Å². The Morgan fingerprint density at radius 2 is 1.90 bits per heavy atom. The minimum atomic E-state index is 0.567. The third kappa shape index (κ3) is 4.35. The second-order valence-electron chi connectivity index (χ2n) is 5.55. The Hall–Kier alpha value is -0.290. The standard InChI is InChI=1S/C15H23BrClN3/c1-18(2)5-6-19-7-9-20(10-8-19)15-4-3-13(12-17)11-14(15)16/h3-4,11H,5-10,12H2,1-2H3. The van der Waals surface area contributed by atoms with E-state index in [1.165, 1.54) is 5.69 Å². The minimum absolute atomic E-state index is 0.567. The number of hydrogen-bond donors (Lipinski definition) is 0. The quantitative estimate of drug-likeness (QED) is 0.748. The molecule has 20 heavy (non-hydrogen) atoms. The van der Waals surface area contributed by atoms with E-state index in [2.05, 4.69) is 62.9 Å². The molecule has 1 fully saturated rings. The van der Waals surface area contributed by atoms with Crippen molar-refractivity contribution in [2.45, 2.75) is 5.88 Å². The molecule has 2 rings (SSSR count). The molecule has 0 saturated carbocycles. The minimum Gasteiger partial charge on any atom is -0.368 e. The van der Waals surface area contributed by atoms with Crippen molar-refractivity contribution >= 4 is 33.2 Å². The van der Waals surface area contributed by atoms with Crippen molar-refractivity contribution in [2.75, 3.05) is 58.3 Å². The van der Waals surface area contributed by atoms with Crippen LogP contribution in [0.5, 0.6) is 0 Å². The number of hydrogen-bond acceptors (Lipinski definition) is 3. The summed E-state index contributed by atoms with van der Waals surface area (Å²) in [5.41, 5.74) is 2.44. The van der Waals surface area contributed by atoms with E-state index < -0.39 is 0 Å². The van der Waals surface area contributed by atoms with E-state index in [4.69, 9.17) is 11.6 Å². The molecule has 5 heteroatoms. The number of benzene rings is 1. The average Bonchev–Trinajstić information content (AvgIpc) is 2.45. The normalized spacial score (nSPS) is 16.9. The Morgan fingerprint density at radius 3 is 2.45 bits per heavy atom. The van der Waals surface area contributed by atoms with Gasteiger partial charge in [0, 0.05) is 49.6 Å². The fraction of sp³-hybridized carbons (Fsp3) is 0.600. The number of piperazine rings is 1. The van der Waals surface area contributed by atoms with E-state index in [0.29, 0.717) is 5.88 Å². The molecule has 1 heterocycles. The van der Waals surface area contributed by atoms with E-state index in [0.717, 1.165) is 49.3 Å². The van der Waals surface area contributed by atoms with Crippen molar-refractivity contribution in [3.8, 4) is 0 Å². The van der Waals surface area contributed by atoms with Gasteiger partial charge in [0.1, 0.15) is 0 Å². The molecule has 1 saturated heterocycles. The molecule has 0 spiro atoms. The van der Waals surface area contributed by atoms with Crippen molar-refractivity contribution in [1.82, 2.24) is 9.80 Å². The maximum Gasteiger partial charge on any atom is 0.0511 e.